The topological polar surface area (TPSA) is 58.2 Å². The molecule has 22 heavy (non-hydrogen) atoms. The number of methoxy groups -OCH3 is 1. The number of aromatic amines is 1. The number of H-pyrrole nitrogens is 1. The summed E-state index contributed by atoms with van der Waals surface area (Å²) in [6, 6.07) is 5.93. The van der Waals surface area contributed by atoms with E-state index in [1.54, 1.807) is 7.11 Å². The smallest absolute Gasteiger partial charge is 0.258 e. The number of fused-ring (bicyclic) bond motifs is 1. The fourth-order valence-electron chi connectivity index (χ4n) is 3.04. The first-order valence-electron chi connectivity index (χ1n) is 7.96. The Morgan fingerprint density at radius 3 is 2.82 bits per heavy atom. The highest BCUT2D eigenvalue weighted by atomic mass is 16.5. The van der Waals surface area contributed by atoms with Crippen LogP contribution < -0.4 is 5.56 Å². The van der Waals surface area contributed by atoms with Crippen LogP contribution in [0.1, 0.15) is 31.2 Å². The predicted octanol–water partition coefficient (Wildman–Crippen LogP) is 2.10. The van der Waals surface area contributed by atoms with Crippen LogP contribution in [0.2, 0.25) is 0 Å². The molecule has 0 amide bonds. The van der Waals surface area contributed by atoms with Crippen LogP contribution in [0.3, 0.4) is 0 Å². The number of hydrogen-bond donors (Lipinski definition) is 1. The number of aromatic nitrogens is 2. The molecule has 1 aromatic carbocycles. The normalized spacial score (nSPS) is 17.2. The van der Waals surface area contributed by atoms with E-state index in [9.17, 15) is 4.79 Å². The molecule has 1 aliphatic rings. The van der Waals surface area contributed by atoms with E-state index >= 15 is 0 Å². The van der Waals surface area contributed by atoms with Crippen LogP contribution in [0.4, 0.5) is 0 Å². The minimum atomic E-state index is -0.0397. The number of rotatable bonds is 4. The van der Waals surface area contributed by atoms with Crippen molar-refractivity contribution in [2.45, 2.75) is 38.8 Å². The fraction of sp³-hybridized carbons (Fsp3) is 0.529. The molecule has 5 nitrogen and oxygen atoms in total. The summed E-state index contributed by atoms with van der Waals surface area (Å²) in [7, 11) is 1.77. The Morgan fingerprint density at radius 1 is 1.36 bits per heavy atom. The Morgan fingerprint density at radius 2 is 2.14 bits per heavy atom. The zero-order chi connectivity index (χ0) is 15.5. The average Bonchev–Trinajstić information content (AvgIpc) is 2.55. The quantitative estimate of drug-likeness (QED) is 0.939. The zero-order valence-corrected chi connectivity index (χ0v) is 13.3. The molecular formula is C17H23N3O2. The molecule has 1 saturated heterocycles. The largest absolute Gasteiger partial charge is 0.381 e. The molecule has 2 heterocycles. The van der Waals surface area contributed by atoms with Gasteiger partial charge < -0.3 is 9.72 Å². The third kappa shape index (κ3) is 3.20. The molecule has 3 rings (SSSR count). The monoisotopic (exact) mass is 301 g/mol. The SMILES string of the molecule is CCc1ccc2nc(CN3CCC(OC)CC3)[nH]c(=O)c2c1. The molecule has 2 aromatic rings. The second-order valence-electron chi connectivity index (χ2n) is 5.93. The van der Waals surface area contributed by atoms with Crippen molar-refractivity contribution in [1.82, 2.24) is 14.9 Å². The van der Waals surface area contributed by atoms with Gasteiger partial charge in [0, 0.05) is 20.2 Å². The van der Waals surface area contributed by atoms with Crippen molar-refractivity contribution in [2.24, 2.45) is 0 Å². The maximum atomic E-state index is 12.3. The first-order chi connectivity index (χ1) is 10.7. The molecule has 1 N–H and O–H groups in total. The van der Waals surface area contributed by atoms with Crippen LogP contribution in [0, 0.1) is 0 Å². The number of hydrogen-bond acceptors (Lipinski definition) is 4. The van der Waals surface area contributed by atoms with Crippen LogP contribution in [-0.4, -0.2) is 41.2 Å². The average molecular weight is 301 g/mol. The highest BCUT2D eigenvalue weighted by Gasteiger charge is 2.19. The number of aryl methyl sites for hydroxylation is 1. The molecule has 0 radical (unpaired) electrons. The first-order valence-corrected chi connectivity index (χ1v) is 7.96. The predicted molar refractivity (Wildman–Crippen MR) is 87.0 cm³/mol. The van der Waals surface area contributed by atoms with Gasteiger partial charge in [0.05, 0.1) is 23.6 Å². The van der Waals surface area contributed by atoms with Gasteiger partial charge in [-0.3, -0.25) is 9.69 Å². The third-order valence-electron chi connectivity index (χ3n) is 4.47. The van der Waals surface area contributed by atoms with E-state index in [2.05, 4.69) is 21.8 Å². The summed E-state index contributed by atoms with van der Waals surface area (Å²) in [4.78, 5) is 22.1. The Bertz CT molecular complexity index is 703. The zero-order valence-electron chi connectivity index (χ0n) is 13.3. The molecule has 1 aliphatic heterocycles. The second-order valence-corrected chi connectivity index (χ2v) is 5.93. The van der Waals surface area contributed by atoms with Crippen LogP contribution in [-0.2, 0) is 17.7 Å². The van der Waals surface area contributed by atoms with Gasteiger partial charge >= 0.3 is 0 Å². The van der Waals surface area contributed by atoms with Crippen LogP contribution in [0.25, 0.3) is 10.9 Å². The van der Waals surface area contributed by atoms with E-state index in [4.69, 9.17) is 4.74 Å². The highest BCUT2D eigenvalue weighted by molar-refractivity contribution is 5.78. The molecule has 5 heteroatoms. The van der Waals surface area contributed by atoms with E-state index in [0.717, 1.165) is 49.3 Å². The van der Waals surface area contributed by atoms with Gasteiger partial charge in [-0.25, -0.2) is 4.98 Å². The lowest BCUT2D eigenvalue weighted by molar-refractivity contribution is 0.0381. The molecule has 118 valence electrons. The van der Waals surface area contributed by atoms with Gasteiger partial charge in [-0.1, -0.05) is 13.0 Å². The lowest BCUT2D eigenvalue weighted by Crippen LogP contribution is -2.36. The maximum absolute atomic E-state index is 12.3. The number of nitrogens with one attached hydrogen (secondary N) is 1. The molecule has 1 fully saturated rings. The molecule has 0 atom stereocenters. The van der Waals surface area contributed by atoms with Crippen molar-refractivity contribution in [1.29, 1.82) is 0 Å². The Balaban J connectivity index is 1.79. The molecule has 0 spiro atoms. The molecular weight excluding hydrogens is 278 g/mol. The van der Waals surface area contributed by atoms with Gasteiger partial charge in [-0.05, 0) is 37.0 Å². The van der Waals surface area contributed by atoms with Crippen molar-refractivity contribution in [2.75, 3.05) is 20.2 Å². The third-order valence-corrected chi connectivity index (χ3v) is 4.47. The van der Waals surface area contributed by atoms with E-state index in [0.29, 0.717) is 18.0 Å². The Labute approximate surface area is 130 Å². The lowest BCUT2D eigenvalue weighted by Gasteiger charge is -2.30. The van der Waals surface area contributed by atoms with Crippen molar-refractivity contribution in [3.63, 3.8) is 0 Å². The highest BCUT2D eigenvalue weighted by Crippen LogP contribution is 2.15. The van der Waals surface area contributed by atoms with Gasteiger partial charge in [0.15, 0.2) is 0 Å². The van der Waals surface area contributed by atoms with Crippen LogP contribution >= 0.6 is 0 Å². The lowest BCUT2D eigenvalue weighted by atomic mass is 10.1. The number of benzene rings is 1. The van der Waals surface area contributed by atoms with Crippen LogP contribution in [0.15, 0.2) is 23.0 Å². The maximum Gasteiger partial charge on any atom is 0.258 e. The summed E-state index contributed by atoms with van der Waals surface area (Å²) in [5.74, 6) is 0.748. The second kappa shape index (κ2) is 6.58. The molecule has 0 unspecified atom stereocenters. The van der Waals surface area contributed by atoms with E-state index in [-0.39, 0.29) is 5.56 Å². The number of nitrogens with zero attached hydrogens (tertiary/aromatic N) is 2. The summed E-state index contributed by atoms with van der Waals surface area (Å²) >= 11 is 0. The Hall–Kier alpha value is -1.72. The van der Waals surface area contributed by atoms with E-state index < -0.39 is 0 Å². The minimum absolute atomic E-state index is 0.0397. The Kier molecular flexibility index (Phi) is 4.55. The van der Waals surface area contributed by atoms with Gasteiger partial charge in [-0.15, -0.1) is 0 Å². The van der Waals surface area contributed by atoms with Gasteiger partial charge in [-0.2, -0.15) is 0 Å². The van der Waals surface area contributed by atoms with Crippen molar-refractivity contribution >= 4 is 10.9 Å². The summed E-state index contributed by atoms with van der Waals surface area (Å²) in [6.07, 6.45) is 3.36. The fourth-order valence-corrected chi connectivity index (χ4v) is 3.04. The van der Waals surface area contributed by atoms with E-state index in [1.807, 2.05) is 18.2 Å². The molecule has 0 bridgehead atoms. The number of ether oxygens (including phenoxy) is 1. The summed E-state index contributed by atoms with van der Waals surface area (Å²) in [5.41, 5.74) is 1.90. The van der Waals surface area contributed by atoms with Gasteiger partial charge in [0.25, 0.3) is 5.56 Å². The van der Waals surface area contributed by atoms with Crippen molar-refractivity contribution in [3.8, 4) is 0 Å². The summed E-state index contributed by atoms with van der Waals surface area (Å²) < 4.78 is 5.39. The van der Waals surface area contributed by atoms with Gasteiger partial charge in [0.2, 0.25) is 0 Å². The van der Waals surface area contributed by atoms with E-state index in [1.165, 1.54) is 0 Å². The minimum Gasteiger partial charge on any atom is -0.381 e. The molecule has 1 aromatic heterocycles. The number of likely N-dealkylation sites (tertiary alicyclic amines) is 1. The van der Waals surface area contributed by atoms with Crippen molar-refractivity contribution in [3.05, 3.63) is 39.9 Å². The summed E-state index contributed by atoms with van der Waals surface area (Å²) in [6.45, 7) is 4.74. The van der Waals surface area contributed by atoms with Gasteiger partial charge in [0.1, 0.15) is 5.82 Å². The molecule has 0 saturated carbocycles. The number of piperidine rings is 1. The summed E-state index contributed by atoms with van der Waals surface area (Å²) in [5, 5.41) is 0.682. The standard InChI is InChI=1S/C17H23N3O2/c1-3-12-4-5-15-14(10-12)17(21)19-16(18-15)11-20-8-6-13(22-2)7-9-20/h4-5,10,13H,3,6-9,11H2,1-2H3,(H,18,19,21). The van der Waals surface area contributed by atoms with Crippen LogP contribution in [0.5, 0.6) is 0 Å². The first kappa shape index (κ1) is 15.2. The molecule has 0 aliphatic carbocycles. The van der Waals surface area contributed by atoms with Crippen molar-refractivity contribution < 1.29 is 4.74 Å².